The molecule has 0 saturated carbocycles. The van der Waals surface area contributed by atoms with Crippen LogP contribution in [0.25, 0.3) is 0 Å². The Morgan fingerprint density at radius 1 is 1.12 bits per heavy atom. The van der Waals surface area contributed by atoms with Gasteiger partial charge in [0.05, 0.1) is 0 Å². The summed E-state index contributed by atoms with van der Waals surface area (Å²) in [7, 11) is 0. The van der Waals surface area contributed by atoms with Gasteiger partial charge in [-0.05, 0) is 37.7 Å². The van der Waals surface area contributed by atoms with Gasteiger partial charge in [-0.3, -0.25) is 0 Å². The average Bonchev–Trinajstić information content (AvgIpc) is 2.36. The number of allylic oxidation sites excluding steroid dienone is 1. The van der Waals surface area contributed by atoms with Crippen molar-refractivity contribution in [3.05, 3.63) is 48.2 Å². The number of unbranched alkanes of at least 4 members (excludes halogenated alkanes) is 2. The van der Waals surface area contributed by atoms with E-state index in [-0.39, 0.29) is 0 Å². The average molecular weight is 231 g/mol. The van der Waals surface area contributed by atoms with Gasteiger partial charge in [0.15, 0.2) is 0 Å². The third-order valence-electron chi connectivity index (χ3n) is 2.94. The van der Waals surface area contributed by atoms with E-state index in [0.29, 0.717) is 0 Å². The van der Waals surface area contributed by atoms with Crippen molar-refractivity contribution < 1.29 is 0 Å². The van der Waals surface area contributed by atoms with Gasteiger partial charge in [-0.15, -0.1) is 0 Å². The third-order valence-corrected chi connectivity index (χ3v) is 2.94. The van der Waals surface area contributed by atoms with E-state index in [0.717, 1.165) is 13.0 Å². The molecule has 1 rings (SSSR count). The second-order valence-corrected chi connectivity index (χ2v) is 4.58. The van der Waals surface area contributed by atoms with E-state index in [1.54, 1.807) is 0 Å². The highest BCUT2D eigenvalue weighted by Gasteiger charge is 1.95. The Morgan fingerprint density at radius 2 is 1.88 bits per heavy atom. The molecule has 0 aliphatic rings. The van der Waals surface area contributed by atoms with Crippen LogP contribution in [-0.2, 0) is 6.42 Å². The van der Waals surface area contributed by atoms with Crippen LogP contribution < -0.4 is 5.32 Å². The molecule has 1 aromatic rings. The first-order chi connectivity index (χ1) is 8.33. The predicted octanol–water partition coefficient (Wildman–Crippen LogP) is 4.30. The van der Waals surface area contributed by atoms with Crippen molar-refractivity contribution in [1.82, 2.24) is 5.32 Å². The number of aryl methyl sites for hydroxylation is 1. The highest BCUT2D eigenvalue weighted by Crippen LogP contribution is 2.08. The second kappa shape index (κ2) is 8.86. The van der Waals surface area contributed by atoms with Crippen molar-refractivity contribution in [2.24, 2.45) is 0 Å². The Morgan fingerprint density at radius 3 is 2.59 bits per heavy atom. The third kappa shape index (κ3) is 6.83. The Kier molecular flexibility index (Phi) is 7.20. The summed E-state index contributed by atoms with van der Waals surface area (Å²) in [6.45, 7) is 7.35. The maximum atomic E-state index is 4.06. The van der Waals surface area contributed by atoms with Gasteiger partial charge in [0.1, 0.15) is 0 Å². The normalized spacial score (nSPS) is 10.2. The molecular formula is C16H25N. The van der Waals surface area contributed by atoms with Crippen LogP contribution in [0.5, 0.6) is 0 Å². The molecule has 0 radical (unpaired) electrons. The number of rotatable bonds is 9. The van der Waals surface area contributed by atoms with Crippen molar-refractivity contribution in [1.29, 1.82) is 0 Å². The summed E-state index contributed by atoms with van der Waals surface area (Å²) in [4.78, 5) is 0. The van der Waals surface area contributed by atoms with E-state index in [1.165, 1.54) is 43.4 Å². The maximum absolute atomic E-state index is 4.06. The molecule has 0 heterocycles. The number of hydrogen-bond donors (Lipinski definition) is 1. The highest BCUT2D eigenvalue weighted by atomic mass is 14.9. The van der Waals surface area contributed by atoms with Crippen LogP contribution in [0.1, 0.15) is 44.6 Å². The quantitative estimate of drug-likeness (QED) is 0.625. The molecule has 1 nitrogen and oxygen atoms in total. The predicted molar refractivity (Wildman–Crippen MR) is 76.0 cm³/mol. The first kappa shape index (κ1) is 13.8. The van der Waals surface area contributed by atoms with Gasteiger partial charge in [0.25, 0.3) is 0 Å². The summed E-state index contributed by atoms with van der Waals surface area (Å²) in [6, 6.07) is 10.7. The zero-order chi connectivity index (χ0) is 12.3. The number of nitrogens with one attached hydrogen (secondary N) is 1. The lowest BCUT2D eigenvalue weighted by atomic mass is 10.1. The number of benzene rings is 1. The zero-order valence-electron chi connectivity index (χ0n) is 11.0. The van der Waals surface area contributed by atoms with Gasteiger partial charge in [-0.25, -0.2) is 0 Å². The van der Waals surface area contributed by atoms with Crippen LogP contribution in [0, 0.1) is 0 Å². The van der Waals surface area contributed by atoms with Crippen LogP contribution in [0.2, 0.25) is 0 Å². The molecule has 0 fully saturated rings. The van der Waals surface area contributed by atoms with Crippen molar-refractivity contribution in [3.63, 3.8) is 0 Å². The van der Waals surface area contributed by atoms with E-state index in [4.69, 9.17) is 0 Å². The fourth-order valence-corrected chi connectivity index (χ4v) is 1.84. The summed E-state index contributed by atoms with van der Waals surface area (Å²) in [5, 5.41) is 3.39. The van der Waals surface area contributed by atoms with Crippen molar-refractivity contribution in [2.45, 2.75) is 45.4 Å². The minimum atomic E-state index is 1.08. The van der Waals surface area contributed by atoms with Crippen molar-refractivity contribution in [2.75, 3.05) is 6.54 Å². The van der Waals surface area contributed by atoms with Gasteiger partial charge < -0.3 is 5.32 Å². The van der Waals surface area contributed by atoms with Crippen LogP contribution in [-0.4, -0.2) is 6.54 Å². The Hall–Kier alpha value is -1.24. The zero-order valence-corrected chi connectivity index (χ0v) is 11.0. The largest absolute Gasteiger partial charge is 0.389 e. The Bertz CT molecular complexity index is 303. The first-order valence-electron chi connectivity index (χ1n) is 6.78. The molecule has 0 unspecified atom stereocenters. The summed E-state index contributed by atoms with van der Waals surface area (Å²) in [6.07, 6.45) is 7.25. The summed E-state index contributed by atoms with van der Waals surface area (Å²) in [5.41, 5.74) is 2.64. The summed E-state index contributed by atoms with van der Waals surface area (Å²) < 4.78 is 0. The first-order valence-corrected chi connectivity index (χ1v) is 6.78. The fraction of sp³-hybridized carbons (Fsp3) is 0.500. The monoisotopic (exact) mass is 231 g/mol. The lowest BCUT2D eigenvalue weighted by Gasteiger charge is -2.08. The molecule has 0 bridgehead atoms. The van der Waals surface area contributed by atoms with Crippen LogP contribution in [0.3, 0.4) is 0 Å². The molecular weight excluding hydrogens is 206 g/mol. The Labute approximate surface area is 106 Å². The minimum Gasteiger partial charge on any atom is -0.389 e. The van der Waals surface area contributed by atoms with Gasteiger partial charge in [0.2, 0.25) is 0 Å². The Balaban J connectivity index is 2.02. The van der Waals surface area contributed by atoms with Gasteiger partial charge in [0, 0.05) is 12.2 Å². The van der Waals surface area contributed by atoms with Crippen LogP contribution in [0.15, 0.2) is 42.6 Å². The summed E-state index contributed by atoms with van der Waals surface area (Å²) in [5.74, 6) is 0. The van der Waals surface area contributed by atoms with E-state index in [9.17, 15) is 0 Å². The molecule has 1 heteroatoms. The molecule has 1 aromatic carbocycles. The van der Waals surface area contributed by atoms with Gasteiger partial charge >= 0.3 is 0 Å². The van der Waals surface area contributed by atoms with E-state index in [1.807, 2.05) is 0 Å². The lowest BCUT2D eigenvalue weighted by Crippen LogP contribution is -2.13. The van der Waals surface area contributed by atoms with Crippen LogP contribution in [0.4, 0.5) is 0 Å². The highest BCUT2D eigenvalue weighted by molar-refractivity contribution is 5.14. The fourth-order valence-electron chi connectivity index (χ4n) is 1.84. The van der Waals surface area contributed by atoms with E-state index in [2.05, 4.69) is 49.2 Å². The molecule has 1 N–H and O–H groups in total. The standard InChI is InChI=1S/C16H25N/c1-3-4-14-17-15(2)10-8-9-13-16-11-6-5-7-12-16/h5-7,11-12,17H,2-4,8-10,13-14H2,1H3. The summed E-state index contributed by atoms with van der Waals surface area (Å²) >= 11 is 0. The van der Waals surface area contributed by atoms with Crippen LogP contribution >= 0.6 is 0 Å². The molecule has 94 valence electrons. The molecule has 0 aliphatic heterocycles. The molecule has 0 aliphatic carbocycles. The molecule has 0 atom stereocenters. The molecule has 0 aromatic heterocycles. The molecule has 17 heavy (non-hydrogen) atoms. The topological polar surface area (TPSA) is 12.0 Å². The lowest BCUT2D eigenvalue weighted by molar-refractivity contribution is 0.652. The number of hydrogen-bond acceptors (Lipinski definition) is 1. The van der Waals surface area contributed by atoms with Gasteiger partial charge in [-0.1, -0.05) is 50.3 Å². The van der Waals surface area contributed by atoms with Gasteiger partial charge in [-0.2, -0.15) is 0 Å². The van der Waals surface area contributed by atoms with Crippen molar-refractivity contribution in [3.8, 4) is 0 Å². The minimum absolute atomic E-state index is 1.08. The maximum Gasteiger partial charge on any atom is 0.0143 e. The SMILES string of the molecule is C=C(CCCCc1ccccc1)NCCCC. The van der Waals surface area contributed by atoms with E-state index < -0.39 is 0 Å². The molecule has 0 saturated heterocycles. The molecule has 0 amide bonds. The smallest absolute Gasteiger partial charge is 0.0143 e. The van der Waals surface area contributed by atoms with E-state index >= 15 is 0 Å². The van der Waals surface area contributed by atoms with Crippen molar-refractivity contribution >= 4 is 0 Å². The molecule has 0 spiro atoms. The second-order valence-electron chi connectivity index (χ2n) is 4.58.